The number of aliphatic hydroxyl groups excluding tert-OH is 1. The number of aliphatic hydroxyl groups is 1. The lowest BCUT2D eigenvalue weighted by atomic mass is 9.96. The van der Waals surface area contributed by atoms with Gasteiger partial charge >= 0.3 is 0 Å². The van der Waals surface area contributed by atoms with E-state index in [1.165, 1.54) is 50.8 Å². The molecule has 1 atom stereocenters. The standard InChI is InChI=1S/C18H29NO2/c1-3-5-15-6-4-10-19(11-9-15)13-17-12-16(14-20)7-8-18(17)21-2/h7-8,12,15,20H,3-6,9-11,13-14H2,1-2H3. The number of hydrogen-bond acceptors (Lipinski definition) is 3. The summed E-state index contributed by atoms with van der Waals surface area (Å²) in [5.74, 6) is 1.84. The minimum absolute atomic E-state index is 0.0928. The van der Waals surface area contributed by atoms with Crippen LogP contribution in [0.4, 0.5) is 0 Å². The summed E-state index contributed by atoms with van der Waals surface area (Å²) in [5, 5.41) is 9.32. The number of nitrogens with zero attached hydrogens (tertiary/aromatic N) is 1. The average molecular weight is 291 g/mol. The highest BCUT2D eigenvalue weighted by Crippen LogP contribution is 2.26. The molecule has 0 aliphatic carbocycles. The summed E-state index contributed by atoms with van der Waals surface area (Å²) in [7, 11) is 1.72. The Morgan fingerprint density at radius 2 is 2.14 bits per heavy atom. The number of likely N-dealkylation sites (tertiary alicyclic amines) is 1. The topological polar surface area (TPSA) is 32.7 Å². The largest absolute Gasteiger partial charge is 0.496 e. The molecule has 1 heterocycles. The molecule has 2 rings (SSSR count). The minimum Gasteiger partial charge on any atom is -0.496 e. The van der Waals surface area contributed by atoms with Gasteiger partial charge in [-0.25, -0.2) is 0 Å². The zero-order chi connectivity index (χ0) is 15.1. The molecule has 0 amide bonds. The van der Waals surface area contributed by atoms with Crippen molar-refractivity contribution in [2.45, 2.75) is 52.2 Å². The van der Waals surface area contributed by atoms with E-state index in [0.717, 1.165) is 23.8 Å². The van der Waals surface area contributed by atoms with Crippen LogP contribution < -0.4 is 4.74 Å². The molecule has 118 valence electrons. The number of rotatable bonds is 6. The zero-order valence-corrected chi connectivity index (χ0v) is 13.5. The van der Waals surface area contributed by atoms with Gasteiger partial charge < -0.3 is 9.84 Å². The van der Waals surface area contributed by atoms with Crippen LogP contribution in [0.2, 0.25) is 0 Å². The second kappa shape index (κ2) is 8.40. The summed E-state index contributed by atoms with van der Waals surface area (Å²) < 4.78 is 5.47. The molecule has 0 radical (unpaired) electrons. The van der Waals surface area contributed by atoms with Gasteiger partial charge in [-0.2, -0.15) is 0 Å². The fraction of sp³-hybridized carbons (Fsp3) is 0.667. The van der Waals surface area contributed by atoms with E-state index >= 15 is 0 Å². The van der Waals surface area contributed by atoms with Gasteiger partial charge in [0.25, 0.3) is 0 Å². The van der Waals surface area contributed by atoms with Gasteiger partial charge in [-0.1, -0.05) is 25.8 Å². The third-order valence-corrected chi connectivity index (χ3v) is 4.56. The quantitative estimate of drug-likeness (QED) is 0.869. The molecule has 0 aromatic heterocycles. The normalized spacial score (nSPS) is 20.2. The van der Waals surface area contributed by atoms with Crippen molar-refractivity contribution in [1.29, 1.82) is 0 Å². The Hall–Kier alpha value is -1.06. The van der Waals surface area contributed by atoms with E-state index < -0.39 is 0 Å². The highest BCUT2D eigenvalue weighted by molar-refractivity contribution is 5.37. The molecule has 1 aromatic rings. The SMILES string of the molecule is CCCC1CCCN(Cc2cc(CO)ccc2OC)CC1. The van der Waals surface area contributed by atoms with Crippen LogP contribution in [0.1, 0.15) is 50.2 Å². The van der Waals surface area contributed by atoms with Gasteiger partial charge in [-0.3, -0.25) is 4.90 Å². The monoisotopic (exact) mass is 291 g/mol. The van der Waals surface area contributed by atoms with E-state index in [1.54, 1.807) is 7.11 Å². The number of hydrogen-bond donors (Lipinski definition) is 1. The third kappa shape index (κ3) is 4.72. The molecule has 1 aliphatic heterocycles. The van der Waals surface area contributed by atoms with Gasteiger partial charge in [0, 0.05) is 12.1 Å². The summed E-state index contributed by atoms with van der Waals surface area (Å²) in [5.41, 5.74) is 2.16. The van der Waals surface area contributed by atoms with Crippen LogP contribution in [0.5, 0.6) is 5.75 Å². The van der Waals surface area contributed by atoms with Crippen LogP contribution in [0.15, 0.2) is 18.2 Å². The number of benzene rings is 1. The fourth-order valence-electron chi connectivity index (χ4n) is 3.37. The van der Waals surface area contributed by atoms with E-state index in [0.29, 0.717) is 0 Å². The molecule has 21 heavy (non-hydrogen) atoms. The molecule has 0 bridgehead atoms. The highest BCUT2D eigenvalue weighted by atomic mass is 16.5. The van der Waals surface area contributed by atoms with E-state index in [-0.39, 0.29) is 6.61 Å². The van der Waals surface area contributed by atoms with Crippen molar-refractivity contribution in [3.8, 4) is 5.75 Å². The van der Waals surface area contributed by atoms with Gasteiger partial charge in [0.15, 0.2) is 0 Å². The van der Waals surface area contributed by atoms with Crippen molar-refractivity contribution in [3.63, 3.8) is 0 Å². The summed E-state index contributed by atoms with van der Waals surface area (Å²) in [6, 6.07) is 5.98. The summed E-state index contributed by atoms with van der Waals surface area (Å²) in [6.07, 6.45) is 6.66. The molecule has 1 aliphatic rings. The maximum atomic E-state index is 9.32. The molecule has 1 fully saturated rings. The van der Waals surface area contributed by atoms with E-state index in [4.69, 9.17) is 4.74 Å². The Morgan fingerprint density at radius 3 is 2.86 bits per heavy atom. The van der Waals surface area contributed by atoms with Crippen LogP contribution in [0, 0.1) is 5.92 Å². The van der Waals surface area contributed by atoms with Crippen LogP contribution in [0.3, 0.4) is 0 Å². The summed E-state index contributed by atoms with van der Waals surface area (Å²) >= 11 is 0. The molecule has 1 saturated heterocycles. The molecule has 0 saturated carbocycles. The average Bonchev–Trinajstić information content (AvgIpc) is 2.73. The predicted molar refractivity (Wildman–Crippen MR) is 86.4 cm³/mol. The maximum Gasteiger partial charge on any atom is 0.123 e. The van der Waals surface area contributed by atoms with Crippen LogP contribution in [-0.2, 0) is 13.2 Å². The van der Waals surface area contributed by atoms with E-state index in [2.05, 4.69) is 17.9 Å². The molecule has 3 nitrogen and oxygen atoms in total. The third-order valence-electron chi connectivity index (χ3n) is 4.56. The van der Waals surface area contributed by atoms with Crippen molar-refractivity contribution in [2.75, 3.05) is 20.2 Å². The lowest BCUT2D eigenvalue weighted by Crippen LogP contribution is -2.24. The van der Waals surface area contributed by atoms with E-state index in [9.17, 15) is 5.11 Å². The lowest BCUT2D eigenvalue weighted by Gasteiger charge is -2.22. The maximum absolute atomic E-state index is 9.32. The van der Waals surface area contributed by atoms with Crippen molar-refractivity contribution < 1.29 is 9.84 Å². The minimum atomic E-state index is 0.0928. The van der Waals surface area contributed by atoms with Crippen molar-refractivity contribution >= 4 is 0 Å². The van der Waals surface area contributed by atoms with Gasteiger partial charge in [0.2, 0.25) is 0 Å². The summed E-state index contributed by atoms with van der Waals surface area (Å²) in [4.78, 5) is 2.54. The Kier molecular flexibility index (Phi) is 6.52. The highest BCUT2D eigenvalue weighted by Gasteiger charge is 2.17. The van der Waals surface area contributed by atoms with Gasteiger partial charge in [0.1, 0.15) is 5.75 Å². The van der Waals surface area contributed by atoms with Gasteiger partial charge in [-0.15, -0.1) is 0 Å². The predicted octanol–water partition coefficient (Wildman–Crippen LogP) is 3.59. The number of ether oxygens (including phenoxy) is 1. The molecule has 1 unspecified atom stereocenters. The molecular weight excluding hydrogens is 262 g/mol. The first-order chi connectivity index (χ1) is 10.3. The van der Waals surface area contributed by atoms with Gasteiger partial charge in [-0.05, 0) is 56.0 Å². The molecule has 1 aromatic carbocycles. The van der Waals surface area contributed by atoms with Crippen LogP contribution >= 0.6 is 0 Å². The van der Waals surface area contributed by atoms with Crippen molar-refractivity contribution in [1.82, 2.24) is 4.90 Å². The first-order valence-electron chi connectivity index (χ1n) is 8.25. The zero-order valence-electron chi connectivity index (χ0n) is 13.5. The van der Waals surface area contributed by atoms with Crippen molar-refractivity contribution in [2.24, 2.45) is 5.92 Å². The Bertz CT molecular complexity index is 433. The smallest absolute Gasteiger partial charge is 0.123 e. The Balaban J connectivity index is 2.00. The second-order valence-electron chi connectivity index (χ2n) is 6.17. The molecule has 1 N–H and O–H groups in total. The first-order valence-corrected chi connectivity index (χ1v) is 8.25. The molecular formula is C18H29NO2. The number of methoxy groups -OCH3 is 1. The molecule has 3 heteroatoms. The Labute approximate surface area is 128 Å². The van der Waals surface area contributed by atoms with Gasteiger partial charge in [0.05, 0.1) is 13.7 Å². The van der Waals surface area contributed by atoms with Crippen LogP contribution in [0.25, 0.3) is 0 Å². The molecule has 0 spiro atoms. The van der Waals surface area contributed by atoms with E-state index in [1.807, 2.05) is 12.1 Å². The lowest BCUT2D eigenvalue weighted by molar-refractivity contribution is 0.264. The fourth-order valence-corrected chi connectivity index (χ4v) is 3.37. The first kappa shape index (κ1) is 16.3. The Morgan fingerprint density at radius 1 is 1.29 bits per heavy atom. The summed E-state index contributed by atoms with van der Waals surface area (Å²) in [6.45, 7) is 5.66. The van der Waals surface area contributed by atoms with Crippen molar-refractivity contribution in [3.05, 3.63) is 29.3 Å². The van der Waals surface area contributed by atoms with Crippen LogP contribution in [-0.4, -0.2) is 30.2 Å². The second-order valence-corrected chi connectivity index (χ2v) is 6.17.